The second-order valence-corrected chi connectivity index (χ2v) is 5.60. The molecule has 2 fully saturated rings. The monoisotopic (exact) mass is 241 g/mol. The van der Waals surface area contributed by atoms with E-state index in [4.69, 9.17) is 9.47 Å². The van der Waals surface area contributed by atoms with Crippen molar-refractivity contribution in [2.75, 3.05) is 26.9 Å². The Morgan fingerprint density at radius 3 is 2.53 bits per heavy atom. The molecule has 3 heteroatoms. The van der Waals surface area contributed by atoms with E-state index in [1.165, 1.54) is 44.9 Å². The van der Waals surface area contributed by atoms with Crippen molar-refractivity contribution < 1.29 is 9.47 Å². The molecule has 17 heavy (non-hydrogen) atoms. The summed E-state index contributed by atoms with van der Waals surface area (Å²) in [4.78, 5) is 0. The third-order valence-electron chi connectivity index (χ3n) is 3.86. The Morgan fingerprint density at radius 2 is 1.88 bits per heavy atom. The molecule has 0 saturated heterocycles. The van der Waals surface area contributed by atoms with Crippen molar-refractivity contribution in [2.45, 2.75) is 57.1 Å². The average Bonchev–Trinajstić information content (AvgIpc) is 3.18. The molecule has 2 rings (SSSR count). The smallest absolute Gasteiger partial charge is 0.0932 e. The van der Waals surface area contributed by atoms with Crippen LogP contribution in [0, 0.1) is 5.92 Å². The van der Waals surface area contributed by atoms with Crippen molar-refractivity contribution in [3.8, 4) is 0 Å². The molecule has 0 heterocycles. The molecule has 2 saturated carbocycles. The lowest BCUT2D eigenvalue weighted by atomic mass is 9.90. The van der Waals surface area contributed by atoms with Gasteiger partial charge in [0.1, 0.15) is 0 Å². The first-order valence-corrected chi connectivity index (χ1v) is 7.22. The van der Waals surface area contributed by atoms with Crippen molar-refractivity contribution >= 4 is 0 Å². The lowest BCUT2D eigenvalue weighted by molar-refractivity contribution is -0.0208. The largest absolute Gasteiger partial charge is 0.382 e. The maximum Gasteiger partial charge on any atom is 0.0932 e. The van der Waals surface area contributed by atoms with Crippen molar-refractivity contribution in [3.63, 3.8) is 0 Å². The van der Waals surface area contributed by atoms with Gasteiger partial charge in [-0.25, -0.2) is 0 Å². The van der Waals surface area contributed by atoms with Crippen LogP contribution in [-0.2, 0) is 9.47 Å². The van der Waals surface area contributed by atoms with Gasteiger partial charge in [0, 0.05) is 26.3 Å². The highest BCUT2D eigenvalue weighted by Crippen LogP contribution is 2.24. The van der Waals surface area contributed by atoms with Gasteiger partial charge in [-0.1, -0.05) is 19.3 Å². The van der Waals surface area contributed by atoms with Gasteiger partial charge in [-0.05, 0) is 31.6 Å². The Bertz CT molecular complexity index is 200. The van der Waals surface area contributed by atoms with Gasteiger partial charge in [0.25, 0.3) is 0 Å². The average molecular weight is 241 g/mol. The van der Waals surface area contributed by atoms with E-state index in [9.17, 15) is 0 Å². The van der Waals surface area contributed by atoms with Crippen LogP contribution in [0.4, 0.5) is 0 Å². The summed E-state index contributed by atoms with van der Waals surface area (Å²) in [5, 5.41) is 3.52. The highest BCUT2D eigenvalue weighted by Gasteiger charge is 2.23. The van der Waals surface area contributed by atoms with E-state index in [1.807, 2.05) is 0 Å². The SMILES string of the molecule is COCC(CNC1CC1)OCC1CCCCC1. The summed E-state index contributed by atoms with van der Waals surface area (Å²) in [6.07, 6.45) is 9.83. The molecule has 0 aromatic heterocycles. The van der Waals surface area contributed by atoms with Crippen LogP contribution in [0.3, 0.4) is 0 Å². The van der Waals surface area contributed by atoms with Crippen LogP contribution in [0.2, 0.25) is 0 Å². The van der Waals surface area contributed by atoms with E-state index >= 15 is 0 Å². The first-order chi connectivity index (χ1) is 8.38. The summed E-state index contributed by atoms with van der Waals surface area (Å²) in [6.45, 7) is 2.60. The highest BCUT2D eigenvalue weighted by atomic mass is 16.5. The summed E-state index contributed by atoms with van der Waals surface area (Å²) < 4.78 is 11.2. The fraction of sp³-hybridized carbons (Fsp3) is 1.00. The number of hydrogen-bond donors (Lipinski definition) is 1. The number of ether oxygens (including phenoxy) is 2. The molecular weight excluding hydrogens is 214 g/mol. The van der Waals surface area contributed by atoms with E-state index in [2.05, 4.69) is 5.32 Å². The van der Waals surface area contributed by atoms with Crippen LogP contribution >= 0.6 is 0 Å². The standard InChI is InChI=1S/C14H27NO2/c1-16-11-14(9-15-13-7-8-13)17-10-12-5-3-2-4-6-12/h12-15H,2-11H2,1H3. The van der Waals surface area contributed by atoms with Crippen LogP contribution < -0.4 is 5.32 Å². The Hall–Kier alpha value is -0.120. The zero-order valence-corrected chi connectivity index (χ0v) is 11.1. The van der Waals surface area contributed by atoms with E-state index in [-0.39, 0.29) is 6.10 Å². The van der Waals surface area contributed by atoms with E-state index in [0.29, 0.717) is 6.61 Å². The van der Waals surface area contributed by atoms with Gasteiger partial charge in [0.05, 0.1) is 12.7 Å². The zero-order chi connectivity index (χ0) is 11.9. The quantitative estimate of drug-likeness (QED) is 0.707. The van der Waals surface area contributed by atoms with Crippen LogP contribution in [0.1, 0.15) is 44.9 Å². The third-order valence-corrected chi connectivity index (χ3v) is 3.86. The second-order valence-electron chi connectivity index (χ2n) is 5.60. The normalized spacial score (nSPS) is 23.8. The molecule has 1 atom stereocenters. The van der Waals surface area contributed by atoms with Gasteiger partial charge in [0.2, 0.25) is 0 Å². The molecule has 100 valence electrons. The van der Waals surface area contributed by atoms with Gasteiger partial charge >= 0.3 is 0 Å². The van der Waals surface area contributed by atoms with Crippen LogP contribution in [0.15, 0.2) is 0 Å². The highest BCUT2D eigenvalue weighted by molar-refractivity contribution is 4.82. The van der Waals surface area contributed by atoms with Gasteiger partial charge in [-0.3, -0.25) is 0 Å². The minimum Gasteiger partial charge on any atom is -0.382 e. The Balaban J connectivity index is 1.60. The third kappa shape index (κ3) is 5.36. The predicted molar refractivity (Wildman–Crippen MR) is 69.2 cm³/mol. The van der Waals surface area contributed by atoms with E-state index in [1.54, 1.807) is 7.11 Å². The molecule has 0 bridgehead atoms. The second kappa shape index (κ2) is 7.34. The number of hydrogen-bond acceptors (Lipinski definition) is 3. The molecule has 2 aliphatic carbocycles. The molecule has 0 spiro atoms. The minimum atomic E-state index is 0.238. The predicted octanol–water partition coefficient (Wildman–Crippen LogP) is 2.35. The maximum absolute atomic E-state index is 6.01. The maximum atomic E-state index is 6.01. The van der Waals surface area contributed by atoms with Gasteiger partial charge in [-0.2, -0.15) is 0 Å². The first-order valence-electron chi connectivity index (χ1n) is 7.22. The fourth-order valence-electron chi connectivity index (χ4n) is 2.56. The summed E-state index contributed by atoms with van der Waals surface area (Å²) in [7, 11) is 1.76. The van der Waals surface area contributed by atoms with Crippen molar-refractivity contribution in [1.29, 1.82) is 0 Å². The molecule has 2 aliphatic rings. The number of methoxy groups -OCH3 is 1. The molecule has 0 radical (unpaired) electrons. The van der Waals surface area contributed by atoms with E-state index < -0.39 is 0 Å². The fourth-order valence-corrected chi connectivity index (χ4v) is 2.56. The molecule has 0 aromatic rings. The summed E-state index contributed by atoms with van der Waals surface area (Å²) in [6, 6.07) is 0.757. The van der Waals surface area contributed by atoms with Crippen molar-refractivity contribution in [3.05, 3.63) is 0 Å². The number of nitrogens with one attached hydrogen (secondary N) is 1. The molecule has 0 aliphatic heterocycles. The Kier molecular flexibility index (Phi) is 5.75. The number of rotatable bonds is 8. The lowest BCUT2D eigenvalue weighted by Crippen LogP contribution is -2.35. The molecule has 0 aromatic carbocycles. The first kappa shape index (κ1) is 13.3. The molecule has 1 unspecified atom stereocenters. The summed E-state index contributed by atoms with van der Waals surface area (Å²) in [5.41, 5.74) is 0. The summed E-state index contributed by atoms with van der Waals surface area (Å²) >= 11 is 0. The van der Waals surface area contributed by atoms with Crippen molar-refractivity contribution in [1.82, 2.24) is 5.32 Å². The van der Waals surface area contributed by atoms with Gasteiger partial charge < -0.3 is 14.8 Å². The minimum absolute atomic E-state index is 0.238. The lowest BCUT2D eigenvalue weighted by Gasteiger charge is -2.25. The molecular formula is C14H27NO2. The zero-order valence-electron chi connectivity index (χ0n) is 11.1. The van der Waals surface area contributed by atoms with Crippen LogP contribution in [0.5, 0.6) is 0 Å². The molecule has 3 nitrogen and oxygen atoms in total. The Labute approximate surface area is 105 Å². The molecule has 1 N–H and O–H groups in total. The Morgan fingerprint density at radius 1 is 1.12 bits per heavy atom. The van der Waals surface area contributed by atoms with E-state index in [0.717, 1.165) is 25.1 Å². The van der Waals surface area contributed by atoms with Crippen LogP contribution in [-0.4, -0.2) is 39.0 Å². The topological polar surface area (TPSA) is 30.5 Å². The van der Waals surface area contributed by atoms with Crippen molar-refractivity contribution in [2.24, 2.45) is 5.92 Å². The van der Waals surface area contributed by atoms with Crippen LogP contribution in [0.25, 0.3) is 0 Å². The van der Waals surface area contributed by atoms with Gasteiger partial charge in [0.15, 0.2) is 0 Å². The summed E-state index contributed by atoms with van der Waals surface area (Å²) in [5.74, 6) is 0.795. The molecule has 0 amide bonds. The van der Waals surface area contributed by atoms with Gasteiger partial charge in [-0.15, -0.1) is 0 Å².